The summed E-state index contributed by atoms with van der Waals surface area (Å²) in [7, 11) is 0. The summed E-state index contributed by atoms with van der Waals surface area (Å²) in [4.78, 5) is 3.93. The summed E-state index contributed by atoms with van der Waals surface area (Å²) in [6.07, 6.45) is 2.64. The second-order valence-corrected chi connectivity index (χ2v) is 4.21. The van der Waals surface area contributed by atoms with Crippen molar-refractivity contribution in [1.29, 1.82) is 0 Å². The Kier molecular flexibility index (Phi) is 3.44. The number of nitrogens with zero attached hydrogens (tertiary/aromatic N) is 1. The van der Waals surface area contributed by atoms with Crippen LogP contribution in [0.5, 0.6) is 0 Å². The fourth-order valence-electron chi connectivity index (χ4n) is 0.964. The molecule has 0 spiro atoms. The number of rotatable bonds is 4. The van der Waals surface area contributed by atoms with Gasteiger partial charge < -0.3 is 5.32 Å². The fourth-order valence-corrected chi connectivity index (χ4v) is 0.964. The minimum Gasteiger partial charge on any atom is -0.367 e. The molecule has 1 heterocycles. The van der Waals surface area contributed by atoms with Crippen molar-refractivity contribution in [3.05, 3.63) is 24.1 Å². The summed E-state index contributed by atoms with van der Waals surface area (Å²) >= 11 is 0. The van der Waals surface area contributed by atoms with Gasteiger partial charge in [0.15, 0.2) is 11.6 Å². The number of aromatic nitrogens is 1. The Balaban J connectivity index is 2.58. The largest absolute Gasteiger partial charge is 0.367 e. The van der Waals surface area contributed by atoms with Crippen molar-refractivity contribution in [2.75, 3.05) is 11.9 Å². The number of nitrogens with one attached hydrogen (secondary N) is 1. The van der Waals surface area contributed by atoms with Gasteiger partial charge in [-0.25, -0.2) is 9.37 Å². The second-order valence-electron chi connectivity index (χ2n) is 4.21. The van der Waals surface area contributed by atoms with Gasteiger partial charge in [-0.3, -0.25) is 0 Å². The van der Waals surface area contributed by atoms with E-state index in [9.17, 15) is 4.39 Å². The highest BCUT2D eigenvalue weighted by atomic mass is 19.1. The molecular weight excluding hydrogens is 179 g/mol. The molecular formula is C11H17FN2. The first-order valence-electron chi connectivity index (χ1n) is 4.89. The van der Waals surface area contributed by atoms with Crippen LogP contribution in [0.2, 0.25) is 0 Å². The molecule has 1 aromatic heterocycles. The normalized spacial score (nSPS) is 11.4. The average Bonchev–Trinajstić information content (AvgIpc) is 2.17. The van der Waals surface area contributed by atoms with Crippen molar-refractivity contribution in [1.82, 2.24) is 4.98 Å². The minimum absolute atomic E-state index is 0.171. The summed E-state index contributed by atoms with van der Waals surface area (Å²) in [5.74, 6) is 0.0495. The Morgan fingerprint density at radius 1 is 1.50 bits per heavy atom. The van der Waals surface area contributed by atoms with E-state index in [-0.39, 0.29) is 11.2 Å². The van der Waals surface area contributed by atoms with E-state index >= 15 is 0 Å². The summed E-state index contributed by atoms with van der Waals surface area (Å²) in [6, 6.07) is 3.00. The van der Waals surface area contributed by atoms with Gasteiger partial charge in [-0.1, -0.05) is 20.8 Å². The van der Waals surface area contributed by atoms with Crippen LogP contribution in [0, 0.1) is 11.2 Å². The highest BCUT2D eigenvalue weighted by molar-refractivity contribution is 5.35. The molecule has 0 aliphatic rings. The first-order chi connectivity index (χ1) is 6.55. The van der Waals surface area contributed by atoms with Crippen molar-refractivity contribution in [3.63, 3.8) is 0 Å². The quantitative estimate of drug-likeness (QED) is 0.800. The lowest BCUT2D eigenvalue weighted by molar-refractivity contribution is 0.376. The molecule has 0 aliphatic carbocycles. The highest BCUT2D eigenvalue weighted by Gasteiger charge is 2.15. The topological polar surface area (TPSA) is 24.9 Å². The van der Waals surface area contributed by atoms with Crippen LogP contribution in [0.4, 0.5) is 10.2 Å². The van der Waals surface area contributed by atoms with Gasteiger partial charge in [0.2, 0.25) is 0 Å². The summed E-state index contributed by atoms with van der Waals surface area (Å²) < 4.78 is 13.1. The molecule has 1 rings (SSSR count). The maximum absolute atomic E-state index is 13.1. The summed E-state index contributed by atoms with van der Waals surface area (Å²) in [6.45, 7) is 7.13. The number of hydrogen-bond donors (Lipinski definition) is 1. The molecule has 0 amide bonds. The van der Waals surface area contributed by atoms with Crippen LogP contribution in [0.1, 0.15) is 27.2 Å². The van der Waals surface area contributed by atoms with Crippen LogP contribution in [-0.4, -0.2) is 11.5 Å². The zero-order valence-electron chi connectivity index (χ0n) is 8.97. The third kappa shape index (κ3) is 2.98. The predicted molar refractivity (Wildman–Crippen MR) is 56.8 cm³/mol. The fraction of sp³-hybridized carbons (Fsp3) is 0.545. The van der Waals surface area contributed by atoms with Gasteiger partial charge in [0.1, 0.15) is 0 Å². The van der Waals surface area contributed by atoms with E-state index in [4.69, 9.17) is 0 Å². The van der Waals surface area contributed by atoms with Crippen molar-refractivity contribution in [2.45, 2.75) is 27.2 Å². The molecule has 2 nitrogen and oxygen atoms in total. The number of hydrogen-bond acceptors (Lipinski definition) is 2. The standard InChI is InChI=1S/C11H17FN2/c1-4-11(2,3)8-14-10-9(12)6-5-7-13-10/h5-7H,4,8H2,1-3H3,(H,13,14). The highest BCUT2D eigenvalue weighted by Crippen LogP contribution is 2.20. The maximum Gasteiger partial charge on any atom is 0.165 e. The van der Waals surface area contributed by atoms with Gasteiger partial charge in [0, 0.05) is 12.7 Å². The minimum atomic E-state index is -0.292. The zero-order chi connectivity index (χ0) is 10.6. The molecule has 14 heavy (non-hydrogen) atoms. The van der Waals surface area contributed by atoms with Gasteiger partial charge in [-0.15, -0.1) is 0 Å². The lowest BCUT2D eigenvalue weighted by atomic mass is 9.90. The average molecular weight is 196 g/mol. The van der Waals surface area contributed by atoms with Crippen LogP contribution >= 0.6 is 0 Å². The Morgan fingerprint density at radius 3 is 2.79 bits per heavy atom. The molecule has 0 bridgehead atoms. The molecule has 78 valence electrons. The van der Waals surface area contributed by atoms with Crippen LogP contribution < -0.4 is 5.32 Å². The second kappa shape index (κ2) is 4.40. The first kappa shape index (κ1) is 11.0. The van der Waals surface area contributed by atoms with Gasteiger partial charge >= 0.3 is 0 Å². The van der Waals surface area contributed by atoms with E-state index in [2.05, 4.69) is 31.1 Å². The molecule has 0 fully saturated rings. The first-order valence-corrected chi connectivity index (χ1v) is 4.89. The van der Waals surface area contributed by atoms with E-state index in [0.717, 1.165) is 13.0 Å². The van der Waals surface area contributed by atoms with Gasteiger partial charge in [-0.05, 0) is 24.0 Å². The van der Waals surface area contributed by atoms with Gasteiger partial charge in [0.05, 0.1) is 0 Å². The van der Waals surface area contributed by atoms with Crippen molar-refractivity contribution >= 4 is 5.82 Å². The lowest BCUT2D eigenvalue weighted by Gasteiger charge is -2.23. The molecule has 0 saturated heterocycles. The third-order valence-corrected chi connectivity index (χ3v) is 2.45. The Labute approximate surface area is 84.6 Å². The van der Waals surface area contributed by atoms with Crippen LogP contribution in [0.15, 0.2) is 18.3 Å². The van der Waals surface area contributed by atoms with Crippen molar-refractivity contribution in [3.8, 4) is 0 Å². The summed E-state index contributed by atoms with van der Waals surface area (Å²) in [5, 5.41) is 3.02. The van der Waals surface area contributed by atoms with E-state index in [1.54, 1.807) is 12.3 Å². The predicted octanol–water partition coefficient (Wildman–Crippen LogP) is 3.07. The van der Waals surface area contributed by atoms with Gasteiger partial charge in [0.25, 0.3) is 0 Å². The van der Waals surface area contributed by atoms with Crippen molar-refractivity contribution < 1.29 is 4.39 Å². The molecule has 1 aromatic rings. The lowest BCUT2D eigenvalue weighted by Crippen LogP contribution is -2.22. The number of pyridine rings is 1. The molecule has 0 atom stereocenters. The number of anilines is 1. The molecule has 0 radical (unpaired) electrons. The third-order valence-electron chi connectivity index (χ3n) is 2.45. The maximum atomic E-state index is 13.1. The van der Waals surface area contributed by atoms with Crippen LogP contribution in [-0.2, 0) is 0 Å². The molecule has 3 heteroatoms. The van der Waals surface area contributed by atoms with E-state index < -0.39 is 0 Å². The number of halogens is 1. The Morgan fingerprint density at radius 2 is 2.21 bits per heavy atom. The molecule has 0 unspecified atom stereocenters. The van der Waals surface area contributed by atoms with E-state index in [1.807, 2.05) is 0 Å². The van der Waals surface area contributed by atoms with Crippen LogP contribution in [0.3, 0.4) is 0 Å². The van der Waals surface area contributed by atoms with E-state index in [1.165, 1.54) is 6.07 Å². The zero-order valence-corrected chi connectivity index (χ0v) is 8.97. The molecule has 0 aromatic carbocycles. The monoisotopic (exact) mass is 196 g/mol. The molecule has 0 saturated carbocycles. The van der Waals surface area contributed by atoms with Crippen molar-refractivity contribution in [2.24, 2.45) is 5.41 Å². The Hall–Kier alpha value is -1.12. The Bertz CT molecular complexity index is 297. The summed E-state index contributed by atoms with van der Waals surface area (Å²) in [5.41, 5.74) is 0.171. The smallest absolute Gasteiger partial charge is 0.165 e. The molecule has 0 aliphatic heterocycles. The van der Waals surface area contributed by atoms with Crippen LogP contribution in [0.25, 0.3) is 0 Å². The van der Waals surface area contributed by atoms with E-state index in [0.29, 0.717) is 5.82 Å². The SMILES string of the molecule is CCC(C)(C)CNc1ncccc1F. The molecule has 1 N–H and O–H groups in total. The van der Waals surface area contributed by atoms with Gasteiger partial charge in [-0.2, -0.15) is 0 Å².